The number of likely N-dealkylation sites (N-methyl/N-ethyl adjacent to an activating group) is 1. The Bertz CT molecular complexity index is 412. The van der Waals surface area contributed by atoms with Gasteiger partial charge >= 0.3 is 0 Å². The van der Waals surface area contributed by atoms with Gasteiger partial charge in [-0.15, -0.1) is 0 Å². The van der Waals surface area contributed by atoms with Crippen molar-refractivity contribution in [3.8, 4) is 5.88 Å². The number of nitrogens with zero attached hydrogens (tertiary/aromatic N) is 2. The van der Waals surface area contributed by atoms with Crippen LogP contribution in [0, 0.1) is 12.8 Å². The molecule has 1 aromatic heterocycles. The molecule has 1 heterocycles. The van der Waals surface area contributed by atoms with Crippen molar-refractivity contribution in [1.29, 1.82) is 0 Å². The summed E-state index contributed by atoms with van der Waals surface area (Å²) in [6.07, 6.45) is 1.37. The molecule has 6 nitrogen and oxygen atoms in total. The van der Waals surface area contributed by atoms with Crippen molar-refractivity contribution in [3.05, 3.63) is 11.8 Å². The van der Waals surface area contributed by atoms with Crippen molar-refractivity contribution in [2.75, 3.05) is 20.2 Å². The number of ether oxygens (including phenoxy) is 1. The normalized spacial score (nSPS) is 22.4. The molecule has 1 saturated carbocycles. The van der Waals surface area contributed by atoms with Gasteiger partial charge in [0.2, 0.25) is 0 Å². The van der Waals surface area contributed by atoms with Gasteiger partial charge in [-0.3, -0.25) is 4.79 Å². The van der Waals surface area contributed by atoms with Crippen LogP contribution in [-0.2, 0) is 4.79 Å². The minimum atomic E-state index is -0.187. The summed E-state index contributed by atoms with van der Waals surface area (Å²) in [5.41, 5.74) is 0. The summed E-state index contributed by atoms with van der Waals surface area (Å²) in [7, 11) is 1.74. The Morgan fingerprint density at radius 1 is 1.67 bits per heavy atom. The third-order valence-electron chi connectivity index (χ3n) is 3.12. The topological polar surface area (TPSA) is 75.8 Å². The number of carbonyl (C=O) groups is 1. The summed E-state index contributed by atoms with van der Waals surface area (Å²) >= 11 is 0. The zero-order chi connectivity index (χ0) is 13.1. The van der Waals surface area contributed by atoms with Gasteiger partial charge in [0.15, 0.2) is 6.61 Å². The number of aliphatic hydroxyl groups excluding tert-OH is 1. The van der Waals surface area contributed by atoms with Crippen LogP contribution in [0.15, 0.2) is 10.6 Å². The van der Waals surface area contributed by atoms with E-state index in [9.17, 15) is 9.90 Å². The highest BCUT2D eigenvalue weighted by Gasteiger charge is 2.29. The lowest BCUT2D eigenvalue weighted by Gasteiger charge is -2.34. The minimum absolute atomic E-state index is 0.0439. The molecule has 1 aliphatic carbocycles. The first kappa shape index (κ1) is 12.9. The highest BCUT2D eigenvalue weighted by molar-refractivity contribution is 5.77. The van der Waals surface area contributed by atoms with E-state index in [-0.39, 0.29) is 18.6 Å². The summed E-state index contributed by atoms with van der Waals surface area (Å²) in [5.74, 6) is 1.28. The van der Waals surface area contributed by atoms with E-state index in [1.165, 1.54) is 0 Å². The highest BCUT2D eigenvalue weighted by atomic mass is 16.5. The van der Waals surface area contributed by atoms with Gasteiger partial charge in [-0.05, 0) is 30.8 Å². The van der Waals surface area contributed by atoms with Gasteiger partial charge in [-0.25, -0.2) is 0 Å². The Balaban J connectivity index is 1.70. The quantitative estimate of drug-likeness (QED) is 0.832. The number of rotatable bonds is 5. The maximum atomic E-state index is 11.8. The van der Waals surface area contributed by atoms with Crippen molar-refractivity contribution in [1.82, 2.24) is 10.1 Å². The Morgan fingerprint density at radius 2 is 2.39 bits per heavy atom. The first-order chi connectivity index (χ1) is 8.54. The van der Waals surface area contributed by atoms with Gasteiger partial charge in [0.1, 0.15) is 5.76 Å². The van der Waals surface area contributed by atoms with Crippen molar-refractivity contribution >= 4 is 5.91 Å². The number of hydrogen-bond donors (Lipinski definition) is 1. The first-order valence-corrected chi connectivity index (χ1v) is 6.02. The van der Waals surface area contributed by atoms with Crippen molar-refractivity contribution in [3.63, 3.8) is 0 Å². The van der Waals surface area contributed by atoms with E-state index in [4.69, 9.17) is 9.26 Å². The van der Waals surface area contributed by atoms with Crippen LogP contribution in [0.1, 0.15) is 18.6 Å². The summed E-state index contributed by atoms with van der Waals surface area (Å²) in [6.45, 7) is 2.38. The molecule has 18 heavy (non-hydrogen) atoms. The first-order valence-electron chi connectivity index (χ1n) is 6.02. The predicted octanol–water partition coefficient (Wildman–Crippen LogP) is 0.591. The van der Waals surface area contributed by atoms with Crippen LogP contribution in [0.3, 0.4) is 0 Å². The van der Waals surface area contributed by atoms with Crippen LogP contribution in [0.25, 0.3) is 0 Å². The molecule has 1 fully saturated rings. The van der Waals surface area contributed by atoms with Gasteiger partial charge in [-0.1, -0.05) is 0 Å². The zero-order valence-electron chi connectivity index (χ0n) is 10.6. The number of amides is 1. The molecule has 0 atom stereocenters. The van der Waals surface area contributed by atoms with Crippen LogP contribution in [0.5, 0.6) is 5.88 Å². The number of carbonyl (C=O) groups excluding carboxylic acids is 1. The second kappa shape index (κ2) is 5.39. The molecule has 1 aromatic rings. The number of aliphatic hydroxyl groups is 1. The minimum Gasteiger partial charge on any atom is -0.465 e. The number of aryl methyl sites for hydroxylation is 1. The Labute approximate surface area is 106 Å². The average Bonchev–Trinajstić information content (AvgIpc) is 2.69. The molecule has 6 heteroatoms. The summed E-state index contributed by atoms with van der Waals surface area (Å²) in [5, 5.41) is 12.8. The van der Waals surface area contributed by atoms with E-state index >= 15 is 0 Å². The number of aromatic nitrogens is 1. The maximum absolute atomic E-state index is 11.8. The Morgan fingerprint density at radius 3 is 2.94 bits per heavy atom. The molecule has 0 aliphatic heterocycles. The molecule has 2 rings (SSSR count). The standard InChI is InChI=1S/C12H18N2O4/c1-8-3-11(13-18-8)17-7-12(16)14(2)6-9-4-10(15)5-9/h3,9-10,15H,4-7H2,1-2H3. The molecule has 1 aliphatic rings. The summed E-state index contributed by atoms with van der Waals surface area (Å²) < 4.78 is 10.1. The third kappa shape index (κ3) is 3.22. The molecule has 1 amide bonds. The Kier molecular flexibility index (Phi) is 3.86. The fourth-order valence-electron chi connectivity index (χ4n) is 2.00. The second-order valence-corrected chi connectivity index (χ2v) is 4.83. The molecule has 0 unspecified atom stereocenters. The molecule has 0 aromatic carbocycles. The van der Waals surface area contributed by atoms with Crippen LogP contribution >= 0.6 is 0 Å². The van der Waals surface area contributed by atoms with Gasteiger partial charge in [-0.2, -0.15) is 0 Å². The van der Waals surface area contributed by atoms with Gasteiger partial charge in [0, 0.05) is 19.7 Å². The van der Waals surface area contributed by atoms with Crippen LogP contribution in [0.2, 0.25) is 0 Å². The van der Waals surface area contributed by atoms with E-state index in [1.807, 2.05) is 0 Å². The van der Waals surface area contributed by atoms with Crippen LogP contribution in [-0.4, -0.2) is 47.4 Å². The van der Waals surface area contributed by atoms with Crippen molar-refractivity contribution in [2.24, 2.45) is 5.92 Å². The zero-order valence-corrected chi connectivity index (χ0v) is 10.6. The lowest BCUT2D eigenvalue weighted by Crippen LogP contribution is -2.41. The van der Waals surface area contributed by atoms with Crippen molar-refractivity contribution < 1.29 is 19.2 Å². The Hall–Kier alpha value is -1.56. The summed E-state index contributed by atoms with van der Waals surface area (Å²) in [6, 6.07) is 1.63. The molecule has 0 bridgehead atoms. The van der Waals surface area contributed by atoms with Crippen LogP contribution in [0.4, 0.5) is 0 Å². The largest absolute Gasteiger partial charge is 0.465 e. The maximum Gasteiger partial charge on any atom is 0.260 e. The molecule has 0 radical (unpaired) electrons. The predicted molar refractivity (Wildman–Crippen MR) is 63.1 cm³/mol. The van der Waals surface area contributed by atoms with Crippen LogP contribution < -0.4 is 4.74 Å². The van der Waals surface area contributed by atoms with Gasteiger partial charge in [0.25, 0.3) is 11.8 Å². The smallest absolute Gasteiger partial charge is 0.260 e. The van der Waals surface area contributed by atoms with E-state index in [1.54, 1.807) is 24.9 Å². The SMILES string of the molecule is Cc1cc(OCC(=O)N(C)CC2CC(O)C2)no1. The van der Waals surface area contributed by atoms with E-state index in [2.05, 4.69) is 5.16 Å². The molecular weight excluding hydrogens is 236 g/mol. The number of hydrogen-bond acceptors (Lipinski definition) is 5. The van der Waals surface area contributed by atoms with Gasteiger partial charge in [0.05, 0.1) is 6.10 Å². The van der Waals surface area contributed by atoms with Crippen molar-refractivity contribution in [2.45, 2.75) is 25.9 Å². The second-order valence-electron chi connectivity index (χ2n) is 4.83. The molecule has 1 N–H and O–H groups in total. The van der Waals surface area contributed by atoms with E-state index in [0.29, 0.717) is 24.1 Å². The summed E-state index contributed by atoms with van der Waals surface area (Å²) in [4.78, 5) is 13.4. The molecule has 0 saturated heterocycles. The fourth-order valence-corrected chi connectivity index (χ4v) is 2.00. The van der Waals surface area contributed by atoms with E-state index in [0.717, 1.165) is 12.8 Å². The molecular formula is C12H18N2O4. The lowest BCUT2D eigenvalue weighted by atomic mass is 9.82. The monoisotopic (exact) mass is 254 g/mol. The molecule has 0 spiro atoms. The van der Waals surface area contributed by atoms with E-state index < -0.39 is 0 Å². The fraction of sp³-hybridized carbons (Fsp3) is 0.667. The lowest BCUT2D eigenvalue weighted by molar-refractivity contribution is -0.133. The molecule has 100 valence electrons. The average molecular weight is 254 g/mol. The third-order valence-corrected chi connectivity index (χ3v) is 3.12. The van der Waals surface area contributed by atoms with Gasteiger partial charge < -0.3 is 19.3 Å². The highest BCUT2D eigenvalue weighted by Crippen LogP contribution is 2.27.